The number of anilines is 1. The molecule has 0 spiro atoms. The van der Waals surface area contributed by atoms with E-state index in [0.29, 0.717) is 17.1 Å². The number of aromatic nitrogens is 5. The number of nitrogens with one attached hydrogen (secondary N) is 3. The lowest BCUT2D eigenvalue weighted by molar-refractivity contribution is 0.249. The van der Waals surface area contributed by atoms with E-state index in [1.807, 2.05) is 19.9 Å². The Labute approximate surface area is 137 Å². The van der Waals surface area contributed by atoms with Crippen molar-refractivity contribution in [3.8, 4) is 0 Å². The Bertz CT molecular complexity index is 841. The summed E-state index contributed by atoms with van der Waals surface area (Å²) < 4.78 is 1.51. The van der Waals surface area contributed by atoms with Gasteiger partial charge in [0, 0.05) is 24.4 Å². The van der Waals surface area contributed by atoms with E-state index in [1.165, 1.54) is 4.52 Å². The number of H-pyrrole nitrogens is 1. The molecule has 3 N–H and O–H groups in total. The number of carbonyl (C=O) groups excluding carboxylic acids is 1. The fourth-order valence-corrected chi connectivity index (χ4v) is 2.37. The molecule has 0 fully saturated rings. The summed E-state index contributed by atoms with van der Waals surface area (Å²) in [7, 11) is 0. The molecule has 23 heavy (non-hydrogen) atoms. The van der Waals surface area contributed by atoms with Crippen LogP contribution in [0.3, 0.4) is 0 Å². The molecule has 0 aliphatic heterocycles. The molecule has 9 heteroatoms. The van der Waals surface area contributed by atoms with Crippen LogP contribution in [0.15, 0.2) is 24.4 Å². The molecule has 3 aromatic heterocycles. The summed E-state index contributed by atoms with van der Waals surface area (Å²) in [6, 6.07) is 4.93. The zero-order chi connectivity index (χ0) is 16.4. The van der Waals surface area contributed by atoms with Gasteiger partial charge in [-0.3, -0.25) is 10.4 Å². The molecule has 0 bridgehead atoms. The Morgan fingerprint density at radius 1 is 1.48 bits per heavy atom. The normalized spacial score (nSPS) is 12.3. The van der Waals surface area contributed by atoms with E-state index >= 15 is 0 Å². The first-order chi connectivity index (χ1) is 11.0. The molecule has 2 amide bonds. The minimum atomic E-state index is -0.369. The first-order valence-corrected chi connectivity index (χ1v) is 7.48. The summed E-state index contributed by atoms with van der Waals surface area (Å²) in [5.74, 6) is 0.215. The quantitative estimate of drug-likeness (QED) is 0.681. The van der Waals surface area contributed by atoms with Gasteiger partial charge in [0.25, 0.3) is 5.95 Å². The van der Waals surface area contributed by atoms with Crippen molar-refractivity contribution in [2.24, 2.45) is 0 Å². The number of pyridine rings is 1. The van der Waals surface area contributed by atoms with Crippen LogP contribution in [0.1, 0.15) is 18.3 Å². The number of aromatic amines is 1. The molecular weight excluding hydrogens is 318 g/mol. The summed E-state index contributed by atoms with van der Waals surface area (Å²) in [6.07, 6.45) is 2.25. The lowest BCUT2D eigenvalue weighted by Crippen LogP contribution is -2.37. The third-order valence-corrected chi connectivity index (χ3v) is 3.40. The second-order valence-electron chi connectivity index (χ2n) is 5.33. The van der Waals surface area contributed by atoms with Gasteiger partial charge in [-0.2, -0.15) is 10.1 Å². The van der Waals surface area contributed by atoms with Crippen molar-refractivity contribution < 1.29 is 4.79 Å². The second kappa shape index (κ2) is 6.25. The number of aryl methyl sites for hydroxylation is 1. The Morgan fingerprint density at radius 3 is 3.04 bits per heavy atom. The van der Waals surface area contributed by atoms with E-state index < -0.39 is 0 Å². The molecule has 1 atom stereocenters. The number of hydrogen-bond acceptors (Lipinski definition) is 4. The van der Waals surface area contributed by atoms with Gasteiger partial charge in [-0.25, -0.2) is 9.31 Å². The van der Waals surface area contributed by atoms with Crippen LogP contribution in [0.4, 0.5) is 10.7 Å². The average Bonchev–Trinajstić information content (AvgIpc) is 3.03. The van der Waals surface area contributed by atoms with Crippen LogP contribution in [0.5, 0.6) is 0 Å². The van der Waals surface area contributed by atoms with Gasteiger partial charge in [-0.1, -0.05) is 11.6 Å². The van der Waals surface area contributed by atoms with Crippen molar-refractivity contribution in [3.05, 3.63) is 40.8 Å². The van der Waals surface area contributed by atoms with Gasteiger partial charge in [0.1, 0.15) is 0 Å². The van der Waals surface area contributed by atoms with E-state index in [-0.39, 0.29) is 18.0 Å². The van der Waals surface area contributed by atoms with E-state index in [2.05, 4.69) is 30.9 Å². The zero-order valence-electron chi connectivity index (χ0n) is 12.7. The largest absolute Gasteiger partial charge is 0.335 e. The fourth-order valence-electron chi connectivity index (χ4n) is 2.22. The zero-order valence-corrected chi connectivity index (χ0v) is 13.4. The first kappa shape index (κ1) is 15.3. The summed E-state index contributed by atoms with van der Waals surface area (Å²) in [4.78, 5) is 16.2. The van der Waals surface area contributed by atoms with E-state index in [0.717, 1.165) is 11.4 Å². The standard InChI is InChI=1S/C14H16ClN7O/c1-8(5-11-6-9(2)19-20-11)16-14(23)18-13-17-12-4-3-10(15)7-22(12)21-13/h3-4,6-8H,5H2,1-2H3,(H,19,20)(H2,16,18,21,23)/t8-/m0/s1. The molecule has 3 rings (SSSR count). The van der Waals surface area contributed by atoms with Crippen LogP contribution in [0, 0.1) is 6.92 Å². The van der Waals surface area contributed by atoms with Crippen molar-refractivity contribution in [1.82, 2.24) is 30.1 Å². The molecule has 120 valence electrons. The van der Waals surface area contributed by atoms with E-state index in [4.69, 9.17) is 11.6 Å². The predicted octanol–water partition coefficient (Wildman–Crippen LogP) is 2.17. The number of urea groups is 1. The lowest BCUT2D eigenvalue weighted by atomic mass is 10.2. The molecular formula is C14H16ClN7O. The van der Waals surface area contributed by atoms with E-state index in [1.54, 1.807) is 18.3 Å². The smallest absolute Gasteiger partial charge is 0.321 e. The number of fused-ring (bicyclic) bond motifs is 1. The van der Waals surface area contributed by atoms with E-state index in [9.17, 15) is 4.79 Å². The van der Waals surface area contributed by atoms with Gasteiger partial charge in [0.2, 0.25) is 0 Å². The molecule has 0 aliphatic rings. The van der Waals surface area contributed by atoms with Gasteiger partial charge in [0.05, 0.1) is 10.7 Å². The highest BCUT2D eigenvalue weighted by molar-refractivity contribution is 6.30. The first-order valence-electron chi connectivity index (χ1n) is 7.10. The molecule has 0 aliphatic carbocycles. The molecule has 3 aromatic rings. The van der Waals surface area contributed by atoms with Crippen LogP contribution in [-0.2, 0) is 6.42 Å². The van der Waals surface area contributed by atoms with Gasteiger partial charge < -0.3 is 5.32 Å². The van der Waals surface area contributed by atoms with Crippen LogP contribution in [-0.4, -0.2) is 36.9 Å². The molecule has 8 nitrogen and oxygen atoms in total. The molecule has 0 aromatic carbocycles. The number of hydrogen-bond donors (Lipinski definition) is 3. The summed E-state index contributed by atoms with van der Waals surface area (Å²) >= 11 is 5.88. The third kappa shape index (κ3) is 3.78. The summed E-state index contributed by atoms with van der Waals surface area (Å²) in [6.45, 7) is 3.84. The SMILES string of the molecule is Cc1cc(C[C@H](C)NC(=O)Nc2nc3ccc(Cl)cn3n2)n[nH]1. The third-order valence-electron chi connectivity index (χ3n) is 3.17. The van der Waals surface area contributed by atoms with Crippen molar-refractivity contribution in [2.75, 3.05) is 5.32 Å². The minimum Gasteiger partial charge on any atom is -0.335 e. The Kier molecular flexibility index (Phi) is 4.16. The number of halogens is 1. The topological polar surface area (TPSA) is 100 Å². The Balaban J connectivity index is 1.59. The number of carbonyl (C=O) groups is 1. The Hall–Kier alpha value is -2.61. The highest BCUT2D eigenvalue weighted by Gasteiger charge is 2.12. The minimum absolute atomic E-state index is 0.0795. The van der Waals surface area contributed by atoms with Crippen molar-refractivity contribution in [1.29, 1.82) is 0 Å². The van der Waals surface area contributed by atoms with Gasteiger partial charge in [0.15, 0.2) is 5.65 Å². The summed E-state index contributed by atoms with van der Waals surface area (Å²) in [5.41, 5.74) is 2.49. The average molecular weight is 334 g/mol. The van der Waals surface area contributed by atoms with Crippen molar-refractivity contribution in [2.45, 2.75) is 26.3 Å². The molecule has 3 heterocycles. The lowest BCUT2D eigenvalue weighted by Gasteiger charge is -2.11. The molecule has 0 saturated heterocycles. The maximum atomic E-state index is 12.0. The van der Waals surface area contributed by atoms with Crippen LogP contribution >= 0.6 is 11.6 Å². The van der Waals surface area contributed by atoms with Crippen LogP contribution < -0.4 is 10.6 Å². The molecule has 0 unspecified atom stereocenters. The van der Waals surface area contributed by atoms with Gasteiger partial charge in [-0.15, -0.1) is 5.10 Å². The molecule has 0 saturated carbocycles. The van der Waals surface area contributed by atoms with Crippen molar-refractivity contribution >= 4 is 29.2 Å². The van der Waals surface area contributed by atoms with Gasteiger partial charge >= 0.3 is 6.03 Å². The monoisotopic (exact) mass is 333 g/mol. The number of rotatable bonds is 4. The highest BCUT2D eigenvalue weighted by atomic mass is 35.5. The summed E-state index contributed by atoms with van der Waals surface area (Å²) in [5, 5.41) is 17.1. The second-order valence-corrected chi connectivity index (χ2v) is 5.77. The molecule has 0 radical (unpaired) electrons. The number of amides is 2. The Morgan fingerprint density at radius 2 is 2.30 bits per heavy atom. The maximum Gasteiger partial charge on any atom is 0.321 e. The predicted molar refractivity (Wildman–Crippen MR) is 86.6 cm³/mol. The van der Waals surface area contributed by atoms with Crippen LogP contribution in [0.2, 0.25) is 5.02 Å². The van der Waals surface area contributed by atoms with Crippen molar-refractivity contribution in [3.63, 3.8) is 0 Å². The maximum absolute atomic E-state index is 12.0. The van der Waals surface area contributed by atoms with Gasteiger partial charge in [-0.05, 0) is 32.0 Å². The number of nitrogens with zero attached hydrogens (tertiary/aromatic N) is 4. The van der Waals surface area contributed by atoms with Crippen LogP contribution in [0.25, 0.3) is 5.65 Å². The highest BCUT2D eigenvalue weighted by Crippen LogP contribution is 2.11. The fraction of sp³-hybridized carbons (Fsp3) is 0.286.